The Hall–Kier alpha value is -1.82. The van der Waals surface area contributed by atoms with Gasteiger partial charge in [0.1, 0.15) is 0 Å². The van der Waals surface area contributed by atoms with E-state index in [1.165, 1.54) is 19.2 Å². The molecule has 0 heterocycles. The van der Waals surface area contributed by atoms with Crippen LogP contribution in [0.5, 0.6) is 11.5 Å². The Morgan fingerprint density at radius 3 is 2.74 bits per heavy atom. The Morgan fingerprint density at radius 2 is 2.26 bits per heavy atom. The Bertz CT molecular complexity index is 515. The summed E-state index contributed by atoms with van der Waals surface area (Å²) >= 11 is 4.96. The van der Waals surface area contributed by atoms with E-state index in [-0.39, 0.29) is 17.7 Å². The summed E-state index contributed by atoms with van der Waals surface area (Å²) in [4.78, 5) is 12.4. The van der Waals surface area contributed by atoms with Crippen LogP contribution in [0.25, 0.3) is 0 Å². The van der Waals surface area contributed by atoms with Gasteiger partial charge in [-0.05, 0) is 37.0 Å². The van der Waals surface area contributed by atoms with E-state index >= 15 is 0 Å². The zero-order valence-corrected chi connectivity index (χ0v) is 11.4. The Balaban J connectivity index is 2.10. The van der Waals surface area contributed by atoms with E-state index in [0.29, 0.717) is 22.2 Å². The summed E-state index contributed by atoms with van der Waals surface area (Å²) < 4.78 is 4.92. The van der Waals surface area contributed by atoms with Crippen molar-refractivity contribution in [2.75, 3.05) is 7.11 Å². The molecule has 1 unspecified atom stereocenters. The number of rotatable bonds is 5. The molecular formula is C13H16N2O3S. The summed E-state index contributed by atoms with van der Waals surface area (Å²) in [5, 5.41) is 12.5. The van der Waals surface area contributed by atoms with Gasteiger partial charge in [0, 0.05) is 5.56 Å². The number of methoxy groups -OCH3 is 1. The van der Waals surface area contributed by atoms with Crippen molar-refractivity contribution in [3.05, 3.63) is 23.8 Å². The Morgan fingerprint density at radius 1 is 1.58 bits per heavy atom. The molecule has 1 aliphatic rings. The maximum atomic E-state index is 12.1. The molecule has 0 spiro atoms. The Kier molecular flexibility index (Phi) is 3.90. The van der Waals surface area contributed by atoms with Crippen molar-refractivity contribution in [3.63, 3.8) is 0 Å². The first-order valence-electron chi connectivity index (χ1n) is 6.00. The third-order valence-corrected chi connectivity index (χ3v) is 3.38. The SMILES string of the molecule is COc1ccc(C(=O)NC(C(N)=S)C2CC2)cc1O. The molecule has 0 aromatic heterocycles. The smallest absolute Gasteiger partial charge is 0.251 e. The third kappa shape index (κ3) is 3.14. The number of nitrogens with two attached hydrogens (primary N) is 1. The number of phenolic OH excluding ortho intramolecular Hbond substituents is 1. The van der Waals surface area contributed by atoms with Crippen molar-refractivity contribution >= 4 is 23.1 Å². The molecule has 19 heavy (non-hydrogen) atoms. The number of aromatic hydroxyl groups is 1. The first kappa shape index (κ1) is 13.6. The number of amides is 1. The lowest BCUT2D eigenvalue weighted by Crippen LogP contribution is -2.45. The molecule has 0 aliphatic heterocycles. The van der Waals surface area contributed by atoms with E-state index < -0.39 is 0 Å². The highest BCUT2D eigenvalue weighted by molar-refractivity contribution is 7.80. The van der Waals surface area contributed by atoms with E-state index in [1.807, 2.05) is 0 Å². The van der Waals surface area contributed by atoms with Crippen molar-refractivity contribution < 1.29 is 14.6 Å². The maximum absolute atomic E-state index is 12.1. The number of thiocarbonyl (C=S) groups is 1. The minimum atomic E-state index is -0.303. The van der Waals surface area contributed by atoms with Gasteiger partial charge in [-0.25, -0.2) is 0 Å². The number of benzene rings is 1. The fourth-order valence-corrected chi connectivity index (χ4v) is 2.16. The quantitative estimate of drug-likeness (QED) is 0.706. The largest absolute Gasteiger partial charge is 0.504 e. The van der Waals surface area contributed by atoms with Gasteiger partial charge in [-0.15, -0.1) is 0 Å². The molecular weight excluding hydrogens is 264 g/mol. The average molecular weight is 280 g/mol. The molecule has 5 nitrogen and oxygen atoms in total. The summed E-state index contributed by atoms with van der Waals surface area (Å²) in [6.07, 6.45) is 2.05. The molecule has 0 radical (unpaired) electrons. The third-order valence-electron chi connectivity index (χ3n) is 3.13. The lowest BCUT2D eigenvalue weighted by atomic mass is 10.1. The maximum Gasteiger partial charge on any atom is 0.251 e. The molecule has 4 N–H and O–H groups in total. The Labute approximate surface area is 116 Å². The minimum absolute atomic E-state index is 0.0755. The topological polar surface area (TPSA) is 84.6 Å². The number of hydrogen-bond acceptors (Lipinski definition) is 4. The van der Waals surface area contributed by atoms with Crippen LogP contribution in [0.1, 0.15) is 23.2 Å². The summed E-state index contributed by atoms with van der Waals surface area (Å²) in [5.74, 6) is 0.286. The van der Waals surface area contributed by atoms with E-state index in [1.54, 1.807) is 6.07 Å². The number of carbonyl (C=O) groups excluding carboxylic acids is 1. The second-order valence-electron chi connectivity index (χ2n) is 4.58. The number of hydrogen-bond donors (Lipinski definition) is 3. The number of phenols is 1. The van der Waals surface area contributed by atoms with Crippen LogP contribution >= 0.6 is 12.2 Å². The fourth-order valence-electron chi connectivity index (χ4n) is 1.91. The van der Waals surface area contributed by atoms with Crippen molar-refractivity contribution in [2.45, 2.75) is 18.9 Å². The van der Waals surface area contributed by atoms with Crippen LogP contribution < -0.4 is 15.8 Å². The minimum Gasteiger partial charge on any atom is -0.504 e. The van der Waals surface area contributed by atoms with Crippen molar-refractivity contribution in [1.29, 1.82) is 0 Å². The van der Waals surface area contributed by atoms with Crippen LogP contribution in [-0.2, 0) is 0 Å². The first-order valence-corrected chi connectivity index (χ1v) is 6.41. The lowest BCUT2D eigenvalue weighted by molar-refractivity contribution is 0.0943. The highest BCUT2D eigenvalue weighted by atomic mass is 32.1. The number of carbonyl (C=O) groups is 1. The molecule has 1 aliphatic carbocycles. The van der Waals surface area contributed by atoms with Crippen LogP contribution in [-0.4, -0.2) is 29.2 Å². The predicted molar refractivity (Wildman–Crippen MR) is 75.4 cm³/mol. The summed E-state index contributed by atoms with van der Waals surface area (Å²) in [6, 6.07) is 4.21. The fraction of sp³-hybridized carbons (Fsp3) is 0.385. The molecule has 1 aromatic carbocycles. The zero-order chi connectivity index (χ0) is 14.0. The standard InChI is InChI=1S/C13H16N2O3S/c1-18-10-5-4-8(6-9(10)16)13(17)15-11(12(14)19)7-2-3-7/h4-7,11,16H,2-3H2,1H3,(H2,14,19)(H,15,17). The van der Waals surface area contributed by atoms with Gasteiger partial charge in [-0.1, -0.05) is 12.2 Å². The molecule has 0 bridgehead atoms. The lowest BCUT2D eigenvalue weighted by Gasteiger charge is -2.17. The second kappa shape index (κ2) is 5.44. The highest BCUT2D eigenvalue weighted by Gasteiger charge is 2.34. The normalized spacial score (nSPS) is 15.6. The monoisotopic (exact) mass is 280 g/mol. The van der Waals surface area contributed by atoms with Gasteiger partial charge in [0.05, 0.1) is 18.1 Å². The van der Waals surface area contributed by atoms with E-state index in [0.717, 1.165) is 12.8 Å². The van der Waals surface area contributed by atoms with Crippen LogP contribution in [0.4, 0.5) is 0 Å². The van der Waals surface area contributed by atoms with Gasteiger partial charge < -0.3 is 20.9 Å². The molecule has 1 atom stereocenters. The van der Waals surface area contributed by atoms with Gasteiger partial charge in [0.15, 0.2) is 11.5 Å². The summed E-state index contributed by atoms with van der Waals surface area (Å²) in [5.41, 5.74) is 5.97. The van der Waals surface area contributed by atoms with Crippen LogP contribution in [0.2, 0.25) is 0 Å². The number of ether oxygens (including phenoxy) is 1. The summed E-state index contributed by atoms with van der Waals surface area (Å²) in [6.45, 7) is 0. The van der Waals surface area contributed by atoms with Gasteiger partial charge in [-0.2, -0.15) is 0 Å². The molecule has 1 aromatic rings. The van der Waals surface area contributed by atoms with Crippen molar-refractivity contribution in [3.8, 4) is 11.5 Å². The van der Waals surface area contributed by atoms with E-state index in [2.05, 4.69) is 5.32 Å². The molecule has 1 amide bonds. The molecule has 6 heteroatoms. The molecule has 102 valence electrons. The first-order chi connectivity index (χ1) is 9.02. The van der Waals surface area contributed by atoms with E-state index in [4.69, 9.17) is 22.7 Å². The molecule has 0 saturated heterocycles. The van der Waals surface area contributed by atoms with Crippen molar-refractivity contribution in [2.24, 2.45) is 11.7 Å². The molecule has 2 rings (SSSR count). The van der Waals surface area contributed by atoms with Gasteiger partial charge in [-0.3, -0.25) is 4.79 Å². The zero-order valence-electron chi connectivity index (χ0n) is 10.6. The summed E-state index contributed by atoms with van der Waals surface area (Å²) in [7, 11) is 1.45. The molecule has 1 fully saturated rings. The average Bonchev–Trinajstić information content (AvgIpc) is 3.19. The van der Waals surface area contributed by atoms with E-state index in [9.17, 15) is 9.90 Å². The van der Waals surface area contributed by atoms with Crippen LogP contribution in [0.15, 0.2) is 18.2 Å². The van der Waals surface area contributed by atoms with Gasteiger partial charge in [0.25, 0.3) is 5.91 Å². The van der Waals surface area contributed by atoms with Crippen LogP contribution in [0.3, 0.4) is 0 Å². The van der Waals surface area contributed by atoms with Crippen molar-refractivity contribution in [1.82, 2.24) is 5.32 Å². The van der Waals surface area contributed by atoms with Gasteiger partial charge in [0.2, 0.25) is 0 Å². The second-order valence-corrected chi connectivity index (χ2v) is 5.05. The highest BCUT2D eigenvalue weighted by Crippen LogP contribution is 2.33. The van der Waals surface area contributed by atoms with Gasteiger partial charge >= 0.3 is 0 Å². The van der Waals surface area contributed by atoms with Crippen LogP contribution in [0, 0.1) is 5.92 Å². The predicted octanol–water partition coefficient (Wildman–Crippen LogP) is 1.20. The molecule has 1 saturated carbocycles. The number of nitrogens with one attached hydrogen (secondary N) is 1.